The Morgan fingerprint density at radius 2 is 2.06 bits per heavy atom. The summed E-state index contributed by atoms with van der Waals surface area (Å²) in [5.74, 6) is -0.557. The van der Waals surface area contributed by atoms with Gasteiger partial charge in [0, 0.05) is 6.42 Å². The van der Waals surface area contributed by atoms with Crippen molar-refractivity contribution in [2.75, 3.05) is 0 Å². The van der Waals surface area contributed by atoms with E-state index in [0.29, 0.717) is 12.0 Å². The van der Waals surface area contributed by atoms with Crippen LogP contribution < -0.4 is 5.73 Å². The van der Waals surface area contributed by atoms with E-state index in [2.05, 4.69) is 0 Å². The first kappa shape index (κ1) is 13.1. The van der Waals surface area contributed by atoms with E-state index in [1.807, 2.05) is 18.2 Å². The monoisotopic (exact) mass is 249 g/mol. The number of hydrogen-bond acceptors (Lipinski definition) is 4. The molecule has 1 aromatic rings. The van der Waals surface area contributed by atoms with Crippen LogP contribution in [0.15, 0.2) is 24.3 Å². The Morgan fingerprint density at radius 1 is 1.44 bits per heavy atom. The van der Waals surface area contributed by atoms with Gasteiger partial charge in [-0.2, -0.15) is 0 Å². The van der Waals surface area contributed by atoms with Crippen LogP contribution in [0, 0.1) is 0 Å². The fourth-order valence-electron chi connectivity index (χ4n) is 2.21. The molecule has 2 rings (SSSR count). The van der Waals surface area contributed by atoms with Gasteiger partial charge in [-0.1, -0.05) is 24.3 Å². The Labute approximate surface area is 107 Å². The third-order valence-corrected chi connectivity index (χ3v) is 3.10. The van der Waals surface area contributed by atoms with Crippen molar-refractivity contribution >= 4 is 5.97 Å². The van der Waals surface area contributed by atoms with Crippen molar-refractivity contribution in [3.63, 3.8) is 0 Å². The van der Waals surface area contributed by atoms with Crippen LogP contribution in [-0.4, -0.2) is 22.2 Å². The maximum absolute atomic E-state index is 12.2. The lowest BCUT2D eigenvalue weighted by molar-refractivity contribution is -0.165. The average Bonchev–Trinajstić information content (AvgIpc) is 2.51. The normalized spacial score (nSPS) is 26.8. The predicted octanol–water partition coefficient (Wildman–Crippen LogP) is 1.32. The highest BCUT2D eigenvalue weighted by Gasteiger charge is 2.50. The van der Waals surface area contributed by atoms with Crippen molar-refractivity contribution in [1.29, 1.82) is 0 Å². The van der Waals surface area contributed by atoms with E-state index in [9.17, 15) is 9.90 Å². The first-order chi connectivity index (χ1) is 8.24. The summed E-state index contributed by atoms with van der Waals surface area (Å²) in [6, 6.07) is 7.35. The second-order valence-corrected chi connectivity index (χ2v) is 5.82. The summed E-state index contributed by atoms with van der Waals surface area (Å²) >= 11 is 0. The van der Waals surface area contributed by atoms with Crippen LogP contribution >= 0.6 is 0 Å². The number of carbonyl (C=O) groups excluding carboxylic acids is 1. The number of carbonyl (C=O) groups is 1. The lowest BCUT2D eigenvalue weighted by atomic mass is 9.94. The van der Waals surface area contributed by atoms with Crippen molar-refractivity contribution in [3.05, 3.63) is 35.4 Å². The van der Waals surface area contributed by atoms with Gasteiger partial charge in [0.25, 0.3) is 0 Å². The number of ether oxygens (including phenoxy) is 1. The molecule has 3 N–H and O–H groups in total. The Morgan fingerprint density at radius 3 is 2.61 bits per heavy atom. The van der Waals surface area contributed by atoms with Gasteiger partial charge in [0.05, 0.1) is 0 Å². The first-order valence-corrected chi connectivity index (χ1v) is 6.02. The molecule has 4 nitrogen and oxygen atoms in total. The van der Waals surface area contributed by atoms with Gasteiger partial charge in [-0.25, -0.2) is 4.79 Å². The van der Waals surface area contributed by atoms with E-state index in [1.54, 1.807) is 26.8 Å². The summed E-state index contributed by atoms with van der Waals surface area (Å²) in [5, 5.41) is 10.2. The number of aliphatic hydroxyl groups excluding tert-OH is 1. The van der Waals surface area contributed by atoms with Crippen LogP contribution in [0.1, 0.15) is 38.0 Å². The Bertz CT molecular complexity index is 478. The van der Waals surface area contributed by atoms with Crippen LogP contribution in [0.4, 0.5) is 0 Å². The summed E-state index contributed by atoms with van der Waals surface area (Å²) < 4.78 is 5.30. The SMILES string of the molecule is CC(C)(C)OC(=O)[C@@]1(N)Cc2ccccc2[C@H]1O. The third kappa shape index (κ3) is 2.13. The van der Waals surface area contributed by atoms with Crippen LogP contribution in [0.2, 0.25) is 0 Å². The summed E-state index contributed by atoms with van der Waals surface area (Å²) in [5.41, 5.74) is 5.70. The second kappa shape index (κ2) is 4.07. The van der Waals surface area contributed by atoms with E-state index < -0.39 is 23.2 Å². The number of aliphatic hydroxyl groups is 1. The maximum atomic E-state index is 12.2. The van der Waals surface area contributed by atoms with Crippen molar-refractivity contribution in [2.45, 2.75) is 44.4 Å². The van der Waals surface area contributed by atoms with Gasteiger partial charge in [-0.15, -0.1) is 0 Å². The fraction of sp³-hybridized carbons (Fsp3) is 0.500. The van der Waals surface area contributed by atoms with Crippen molar-refractivity contribution in [3.8, 4) is 0 Å². The minimum absolute atomic E-state index is 0.305. The summed E-state index contributed by atoms with van der Waals surface area (Å²) in [4.78, 5) is 12.2. The topological polar surface area (TPSA) is 72.5 Å². The Kier molecular flexibility index (Phi) is 2.95. The van der Waals surface area contributed by atoms with Crippen LogP contribution in [0.25, 0.3) is 0 Å². The molecule has 1 aliphatic carbocycles. The molecule has 1 aromatic carbocycles. The molecule has 0 aliphatic heterocycles. The lowest BCUT2D eigenvalue weighted by Gasteiger charge is -2.30. The standard InChI is InChI=1S/C14H19NO3/c1-13(2,3)18-12(17)14(15)8-9-6-4-5-7-10(9)11(14)16/h4-7,11,16H,8,15H2,1-3H3/t11-,14-/m1/s1. The minimum atomic E-state index is -1.38. The van der Waals surface area contributed by atoms with E-state index in [4.69, 9.17) is 10.5 Å². The zero-order valence-corrected chi connectivity index (χ0v) is 10.9. The highest BCUT2D eigenvalue weighted by Crippen LogP contribution is 2.38. The van der Waals surface area contributed by atoms with E-state index in [-0.39, 0.29) is 0 Å². The van der Waals surface area contributed by atoms with Crippen LogP contribution in [0.3, 0.4) is 0 Å². The fourth-order valence-corrected chi connectivity index (χ4v) is 2.21. The number of benzene rings is 1. The van der Waals surface area contributed by atoms with Crippen LogP contribution in [-0.2, 0) is 16.0 Å². The number of rotatable bonds is 1. The molecule has 0 amide bonds. The molecule has 0 spiro atoms. The molecule has 0 unspecified atom stereocenters. The average molecular weight is 249 g/mol. The number of fused-ring (bicyclic) bond motifs is 1. The smallest absolute Gasteiger partial charge is 0.330 e. The molecule has 0 radical (unpaired) electrons. The minimum Gasteiger partial charge on any atom is -0.459 e. The lowest BCUT2D eigenvalue weighted by Crippen LogP contribution is -2.54. The van der Waals surface area contributed by atoms with Crippen molar-refractivity contribution in [2.24, 2.45) is 5.73 Å². The molecule has 18 heavy (non-hydrogen) atoms. The Balaban J connectivity index is 2.28. The highest BCUT2D eigenvalue weighted by molar-refractivity contribution is 5.84. The molecule has 0 saturated heterocycles. The van der Waals surface area contributed by atoms with E-state index >= 15 is 0 Å². The first-order valence-electron chi connectivity index (χ1n) is 6.02. The Hall–Kier alpha value is -1.39. The zero-order chi connectivity index (χ0) is 13.6. The summed E-state index contributed by atoms with van der Waals surface area (Å²) in [6.07, 6.45) is -0.706. The van der Waals surface area contributed by atoms with Gasteiger partial charge in [0.1, 0.15) is 17.2 Å². The van der Waals surface area contributed by atoms with E-state index in [1.165, 1.54) is 0 Å². The van der Waals surface area contributed by atoms with Gasteiger partial charge in [0.2, 0.25) is 0 Å². The molecule has 0 bridgehead atoms. The molecular formula is C14H19NO3. The number of hydrogen-bond donors (Lipinski definition) is 2. The quantitative estimate of drug-likeness (QED) is 0.736. The summed E-state index contributed by atoms with van der Waals surface area (Å²) in [6.45, 7) is 5.34. The number of nitrogens with two attached hydrogens (primary N) is 1. The van der Waals surface area contributed by atoms with Crippen molar-refractivity contribution < 1.29 is 14.6 Å². The highest BCUT2D eigenvalue weighted by atomic mass is 16.6. The molecule has 0 saturated carbocycles. The zero-order valence-electron chi connectivity index (χ0n) is 10.9. The van der Waals surface area contributed by atoms with E-state index in [0.717, 1.165) is 5.56 Å². The molecule has 0 heterocycles. The summed E-state index contributed by atoms with van der Waals surface area (Å²) in [7, 11) is 0. The molecule has 0 aromatic heterocycles. The molecule has 2 atom stereocenters. The maximum Gasteiger partial charge on any atom is 0.330 e. The second-order valence-electron chi connectivity index (χ2n) is 5.82. The van der Waals surface area contributed by atoms with Gasteiger partial charge in [-0.3, -0.25) is 0 Å². The van der Waals surface area contributed by atoms with Gasteiger partial charge >= 0.3 is 5.97 Å². The molecule has 1 aliphatic rings. The van der Waals surface area contributed by atoms with Crippen LogP contribution in [0.5, 0.6) is 0 Å². The molecule has 4 heteroatoms. The number of esters is 1. The van der Waals surface area contributed by atoms with Gasteiger partial charge < -0.3 is 15.6 Å². The van der Waals surface area contributed by atoms with Gasteiger partial charge in [0.15, 0.2) is 0 Å². The molecular weight excluding hydrogens is 230 g/mol. The molecule has 98 valence electrons. The predicted molar refractivity (Wildman–Crippen MR) is 67.9 cm³/mol. The third-order valence-electron chi connectivity index (χ3n) is 3.10. The largest absolute Gasteiger partial charge is 0.459 e. The van der Waals surface area contributed by atoms with Crippen molar-refractivity contribution in [1.82, 2.24) is 0 Å². The van der Waals surface area contributed by atoms with Gasteiger partial charge in [-0.05, 0) is 31.9 Å². The molecule has 0 fully saturated rings.